The highest BCUT2D eigenvalue weighted by Crippen LogP contribution is 1.96. The van der Waals surface area contributed by atoms with Crippen molar-refractivity contribution in [3.63, 3.8) is 0 Å². The Labute approximate surface area is 40.2 Å². The van der Waals surface area contributed by atoms with Gasteiger partial charge in [-0.3, -0.25) is 0 Å². The Bertz CT molecular complexity index is 135. The first-order valence-electron chi connectivity index (χ1n) is 2.49. The van der Waals surface area contributed by atoms with E-state index in [0.29, 0.717) is 6.05 Å². The highest BCUT2D eigenvalue weighted by atomic mass is 13.7. The topological polar surface area (TPSA) is 0 Å². The number of hydrogen-bond donors (Lipinski definition) is 0. The Morgan fingerprint density at radius 1 is 2.00 bits per heavy atom. The Kier molecular flexibility index (Phi) is 0.594. The zero-order chi connectivity index (χ0) is 5.28. The summed E-state index contributed by atoms with van der Waals surface area (Å²) in [4.78, 5) is 0. The molecule has 1 aliphatic rings. The van der Waals surface area contributed by atoms with Crippen molar-refractivity contribution in [3.8, 4) is 0 Å². The van der Waals surface area contributed by atoms with Crippen LogP contribution in [0.3, 0.4) is 0 Å². The fraction of sp³-hybridized carbons (Fsp3) is 0.200. The standard InChI is InChI=1S/C5H6B/c1-5-3-2-4-6-5/h2-4H,1H3/i2T. The van der Waals surface area contributed by atoms with Crippen LogP contribution in [0, 0.1) is 0 Å². The van der Waals surface area contributed by atoms with E-state index in [0.717, 1.165) is 0 Å². The van der Waals surface area contributed by atoms with Gasteiger partial charge < -0.3 is 0 Å². The van der Waals surface area contributed by atoms with Gasteiger partial charge in [-0.05, 0) is 0 Å². The molecule has 0 amide bonds. The van der Waals surface area contributed by atoms with Crippen LogP contribution in [0.25, 0.3) is 0 Å². The lowest BCUT2D eigenvalue weighted by molar-refractivity contribution is 1.67. The lowest BCUT2D eigenvalue weighted by Gasteiger charge is -1.76. The lowest BCUT2D eigenvalue weighted by Crippen LogP contribution is -1.77. The lowest BCUT2D eigenvalue weighted by atomic mass is 9.74. The molecule has 1 rings (SSSR count). The quantitative estimate of drug-likeness (QED) is 0.381. The van der Waals surface area contributed by atoms with Gasteiger partial charge in [-0.15, -0.1) is 11.4 Å². The molecule has 0 aromatic rings. The number of hydrogen-bond acceptors (Lipinski definition) is 0. The Balaban J connectivity index is 2.69. The van der Waals surface area contributed by atoms with Crippen LogP contribution in [-0.4, -0.2) is 7.28 Å². The van der Waals surface area contributed by atoms with Gasteiger partial charge in [0, 0.05) is 0 Å². The average Bonchev–Trinajstić information content (AvgIpc) is 1.87. The van der Waals surface area contributed by atoms with Gasteiger partial charge in [-0.1, -0.05) is 19.1 Å². The van der Waals surface area contributed by atoms with Crippen LogP contribution >= 0.6 is 0 Å². The second-order valence-corrected chi connectivity index (χ2v) is 1.39. The van der Waals surface area contributed by atoms with Crippen molar-refractivity contribution < 1.29 is 1.37 Å². The van der Waals surface area contributed by atoms with E-state index in [9.17, 15) is 0 Å². The maximum absolute atomic E-state index is 7.02. The molecule has 1 heterocycles. The minimum Gasteiger partial charge on any atom is -0.117 e. The summed E-state index contributed by atoms with van der Waals surface area (Å²) in [5.41, 5.74) is 1.17. The van der Waals surface area contributed by atoms with E-state index in [-0.39, 0.29) is 0 Å². The first-order valence-corrected chi connectivity index (χ1v) is 1.99. The summed E-state index contributed by atoms with van der Waals surface area (Å²) in [5.74, 6) is 1.79. The van der Waals surface area contributed by atoms with E-state index in [1.165, 1.54) is 5.47 Å². The molecule has 1 radical (unpaired) electrons. The summed E-state index contributed by atoms with van der Waals surface area (Å²) in [5, 5.41) is 0. The van der Waals surface area contributed by atoms with E-state index in [4.69, 9.17) is 1.37 Å². The van der Waals surface area contributed by atoms with E-state index >= 15 is 0 Å². The van der Waals surface area contributed by atoms with E-state index in [1.807, 2.05) is 20.3 Å². The molecule has 0 aromatic carbocycles. The molecule has 1 aliphatic heterocycles. The normalized spacial score (nSPS) is 21.2. The van der Waals surface area contributed by atoms with E-state index < -0.39 is 0 Å². The summed E-state index contributed by atoms with van der Waals surface area (Å²) < 4.78 is 7.02. The molecule has 0 bridgehead atoms. The molecule has 0 N–H and O–H groups in total. The van der Waals surface area contributed by atoms with E-state index in [2.05, 4.69) is 0 Å². The van der Waals surface area contributed by atoms with Gasteiger partial charge in [-0.25, -0.2) is 0 Å². The third-order valence-corrected chi connectivity index (χ3v) is 0.753. The van der Waals surface area contributed by atoms with Crippen LogP contribution in [0.15, 0.2) is 23.6 Å². The maximum atomic E-state index is 7.02. The second-order valence-electron chi connectivity index (χ2n) is 1.39. The zero-order valence-electron chi connectivity index (χ0n) is 4.73. The molecule has 0 saturated carbocycles. The van der Waals surface area contributed by atoms with Crippen LogP contribution < -0.4 is 0 Å². The van der Waals surface area contributed by atoms with Crippen molar-refractivity contribution in [1.29, 1.82) is 0 Å². The van der Waals surface area contributed by atoms with Gasteiger partial charge in [0.1, 0.15) is 0 Å². The summed E-state index contributed by atoms with van der Waals surface area (Å²) in [6, 6.07) is 0.609. The van der Waals surface area contributed by atoms with Crippen LogP contribution in [-0.2, 0) is 0 Å². The average molecular weight is 78.9 g/mol. The molecule has 6 heavy (non-hydrogen) atoms. The van der Waals surface area contributed by atoms with Crippen molar-refractivity contribution >= 4 is 7.28 Å². The zero-order valence-corrected chi connectivity index (χ0v) is 3.73. The van der Waals surface area contributed by atoms with Crippen molar-refractivity contribution in [2.45, 2.75) is 6.92 Å². The molecular formula is C5H6B. The van der Waals surface area contributed by atoms with Crippen molar-refractivity contribution in [3.05, 3.63) is 23.6 Å². The van der Waals surface area contributed by atoms with Gasteiger partial charge in [0.2, 0.25) is 0 Å². The third kappa shape index (κ3) is 0.536. The Morgan fingerprint density at radius 2 is 2.83 bits per heavy atom. The van der Waals surface area contributed by atoms with Crippen molar-refractivity contribution in [2.75, 3.05) is 0 Å². The summed E-state index contributed by atoms with van der Waals surface area (Å²) in [6.45, 7) is 1.98. The first-order chi connectivity index (χ1) is 3.29. The molecule has 0 unspecified atom stereocenters. The Hall–Kier alpha value is -0.455. The molecule has 0 nitrogen and oxygen atoms in total. The Morgan fingerprint density at radius 3 is 3.00 bits per heavy atom. The summed E-state index contributed by atoms with van der Waals surface area (Å²) in [7, 11) is 1.93. The largest absolute Gasteiger partial charge is 0.175 e. The number of rotatable bonds is 0. The SMILES string of the molecule is [3H]C1=C[B]C(C)=C1. The van der Waals surface area contributed by atoms with Gasteiger partial charge in [0.15, 0.2) is 7.28 Å². The van der Waals surface area contributed by atoms with Crippen LogP contribution in [0.5, 0.6) is 0 Å². The smallest absolute Gasteiger partial charge is 0.117 e. The molecule has 0 aromatic heterocycles. The minimum atomic E-state index is 0.609. The predicted molar refractivity (Wildman–Crippen MR) is 28.7 cm³/mol. The molecule has 0 saturated heterocycles. The minimum absolute atomic E-state index is 0.609. The molecule has 0 spiro atoms. The van der Waals surface area contributed by atoms with Gasteiger partial charge in [0.25, 0.3) is 0 Å². The molecule has 29 valence electrons. The first kappa shape index (κ1) is 2.67. The summed E-state index contributed by atoms with van der Waals surface area (Å²) >= 11 is 0. The maximum Gasteiger partial charge on any atom is 0.175 e. The number of allylic oxidation sites excluding steroid dienone is 3. The molecular weight excluding hydrogens is 70.9 g/mol. The fourth-order valence-corrected chi connectivity index (χ4v) is 0.407. The summed E-state index contributed by atoms with van der Waals surface area (Å²) in [6.07, 6.45) is 1.83. The molecule has 0 atom stereocenters. The third-order valence-electron chi connectivity index (χ3n) is 0.753. The molecule has 1 heteroatoms. The van der Waals surface area contributed by atoms with Crippen LogP contribution in [0.4, 0.5) is 0 Å². The molecule has 0 aliphatic carbocycles. The monoisotopic (exact) mass is 79.1 g/mol. The van der Waals surface area contributed by atoms with Gasteiger partial charge in [0.05, 0.1) is 1.37 Å². The van der Waals surface area contributed by atoms with Crippen molar-refractivity contribution in [2.24, 2.45) is 0 Å². The van der Waals surface area contributed by atoms with Crippen LogP contribution in [0.2, 0.25) is 0 Å². The highest BCUT2D eigenvalue weighted by Gasteiger charge is 1.89. The van der Waals surface area contributed by atoms with Gasteiger partial charge >= 0.3 is 0 Å². The predicted octanol–water partition coefficient (Wildman–Crippen LogP) is 1.12. The van der Waals surface area contributed by atoms with Crippen molar-refractivity contribution in [1.82, 2.24) is 0 Å². The van der Waals surface area contributed by atoms with Gasteiger partial charge in [-0.2, -0.15) is 0 Å². The van der Waals surface area contributed by atoms with E-state index in [1.54, 1.807) is 5.98 Å². The van der Waals surface area contributed by atoms with Crippen LogP contribution in [0.1, 0.15) is 8.29 Å². The fourth-order valence-electron chi connectivity index (χ4n) is 0.407. The molecule has 0 fully saturated rings. The second kappa shape index (κ2) is 1.33. The highest BCUT2D eigenvalue weighted by molar-refractivity contribution is 6.52.